The summed E-state index contributed by atoms with van der Waals surface area (Å²) in [6.45, 7) is 7.18. The Bertz CT molecular complexity index is 632. The van der Waals surface area contributed by atoms with E-state index in [9.17, 15) is 0 Å². The summed E-state index contributed by atoms with van der Waals surface area (Å²) < 4.78 is 6.19. The van der Waals surface area contributed by atoms with Gasteiger partial charge in [-0.2, -0.15) is 0 Å². The summed E-state index contributed by atoms with van der Waals surface area (Å²) >= 11 is 0. The zero-order valence-electron chi connectivity index (χ0n) is 13.1. The van der Waals surface area contributed by atoms with E-state index in [1.54, 1.807) is 0 Å². The highest BCUT2D eigenvalue weighted by atomic mass is 16.5. The zero-order chi connectivity index (χ0) is 14.9. The Morgan fingerprint density at radius 2 is 2.05 bits per heavy atom. The van der Waals surface area contributed by atoms with E-state index in [1.165, 1.54) is 18.2 Å². The predicted octanol–water partition coefficient (Wildman–Crippen LogP) is 4.05. The minimum Gasteiger partial charge on any atom is -0.471 e. The molecule has 1 heterocycles. The summed E-state index contributed by atoms with van der Waals surface area (Å²) in [6, 6.07) is 11.2. The van der Waals surface area contributed by atoms with E-state index in [0.29, 0.717) is 6.04 Å². The maximum Gasteiger partial charge on any atom is 0.222 e. The Kier molecular flexibility index (Phi) is 3.85. The number of rotatable bonds is 6. The Labute approximate surface area is 126 Å². The second-order valence-electron chi connectivity index (χ2n) is 6.51. The van der Waals surface area contributed by atoms with Crippen LogP contribution in [0.5, 0.6) is 5.88 Å². The average molecular weight is 284 g/mol. The Morgan fingerprint density at radius 3 is 2.76 bits per heavy atom. The van der Waals surface area contributed by atoms with Gasteiger partial charge in [0.2, 0.25) is 5.88 Å². The van der Waals surface area contributed by atoms with Crippen molar-refractivity contribution in [1.82, 2.24) is 10.3 Å². The van der Waals surface area contributed by atoms with Crippen molar-refractivity contribution in [3.05, 3.63) is 36.0 Å². The molecule has 2 aromatic rings. The van der Waals surface area contributed by atoms with Crippen molar-refractivity contribution in [2.75, 3.05) is 0 Å². The molecule has 112 valence electrons. The normalized spacial score (nSPS) is 15.4. The molecule has 0 amide bonds. The lowest BCUT2D eigenvalue weighted by Crippen LogP contribution is -2.27. The molecule has 0 atom stereocenters. The van der Waals surface area contributed by atoms with Crippen LogP contribution < -0.4 is 10.1 Å². The maximum absolute atomic E-state index is 6.19. The van der Waals surface area contributed by atoms with Crippen LogP contribution in [0, 0.1) is 0 Å². The largest absolute Gasteiger partial charge is 0.471 e. The molecule has 0 bridgehead atoms. The quantitative estimate of drug-likeness (QED) is 0.868. The molecular weight excluding hydrogens is 260 g/mol. The van der Waals surface area contributed by atoms with Crippen LogP contribution in [-0.2, 0) is 6.54 Å². The minimum atomic E-state index is -0.196. The minimum absolute atomic E-state index is 0.196. The van der Waals surface area contributed by atoms with Crippen molar-refractivity contribution in [2.45, 2.75) is 58.2 Å². The molecule has 0 radical (unpaired) electrons. The number of nitrogens with zero attached hydrogens (tertiary/aromatic N) is 1. The first kappa shape index (κ1) is 14.3. The van der Waals surface area contributed by atoms with Gasteiger partial charge in [0.25, 0.3) is 0 Å². The van der Waals surface area contributed by atoms with Gasteiger partial charge in [-0.25, -0.2) is 4.98 Å². The van der Waals surface area contributed by atoms with E-state index in [1.807, 2.05) is 6.07 Å². The molecule has 21 heavy (non-hydrogen) atoms. The van der Waals surface area contributed by atoms with E-state index in [0.717, 1.165) is 29.9 Å². The number of hydrogen-bond acceptors (Lipinski definition) is 3. The summed E-state index contributed by atoms with van der Waals surface area (Å²) in [5.41, 5.74) is 0.862. The van der Waals surface area contributed by atoms with Gasteiger partial charge in [0.05, 0.1) is 5.69 Å². The predicted molar refractivity (Wildman–Crippen MR) is 86.6 cm³/mol. The van der Waals surface area contributed by atoms with Crippen LogP contribution in [-0.4, -0.2) is 16.6 Å². The van der Waals surface area contributed by atoms with Crippen LogP contribution in [0.4, 0.5) is 0 Å². The summed E-state index contributed by atoms with van der Waals surface area (Å²) in [6.07, 6.45) is 3.53. The number of fused-ring (bicyclic) bond motifs is 1. The number of aromatic nitrogens is 1. The molecular formula is C18H24N2O. The first-order valence-corrected chi connectivity index (χ1v) is 7.88. The van der Waals surface area contributed by atoms with Crippen molar-refractivity contribution >= 4 is 10.8 Å². The molecule has 0 saturated heterocycles. The molecule has 1 aromatic carbocycles. The molecule has 1 aliphatic rings. The second kappa shape index (κ2) is 5.64. The SMILES string of the molecule is CCC(C)(C)Oc1nc(CNC2CC2)cc2ccccc12. The molecule has 1 aromatic heterocycles. The standard InChI is InChI=1S/C18H24N2O/c1-4-18(2,3)21-17-16-8-6-5-7-13(16)11-15(20-17)12-19-14-9-10-14/h5-8,11,14,19H,4,9-10,12H2,1-3H3. The lowest BCUT2D eigenvalue weighted by atomic mass is 10.1. The maximum atomic E-state index is 6.19. The molecule has 1 N–H and O–H groups in total. The topological polar surface area (TPSA) is 34.1 Å². The summed E-state index contributed by atoms with van der Waals surface area (Å²) in [5, 5.41) is 5.81. The molecule has 1 saturated carbocycles. The van der Waals surface area contributed by atoms with Crippen LogP contribution in [0.1, 0.15) is 45.7 Å². The Morgan fingerprint density at radius 1 is 1.29 bits per heavy atom. The summed E-state index contributed by atoms with van der Waals surface area (Å²) in [5.74, 6) is 0.757. The second-order valence-corrected chi connectivity index (χ2v) is 6.51. The zero-order valence-corrected chi connectivity index (χ0v) is 13.1. The van der Waals surface area contributed by atoms with Crippen molar-refractivity contribution in [1.29, 1.82) is 0 Å². The van der Waals surface area contributed by atoms with Gasteiger partial charge in [-0.3, -0.25) is 0 Å². The average Bonchev–Trinajstić information content (AvgIpc) is 3.29. The highest BCUT2D eigenvalue weighted by Crippen LogP contribution is 2.29. The number of benzene rings is 1. The van der Waals surface area contributed by atoms with Gasteiger partial charge in [-0.1, -0.05) is 25.1 Å². The molecule has 1 aliphatic carbocycles. The van der Waals surface area contributed by atoms with E-state index in [2.05, 4.69) is 50.4 Å². The smallest absolute Gasteiger partial charge is 0.222 e. The molecule has 0 spiro atoms. The number of nitrogens with one attached hydrogen (secondary N) is 1. The lowest BCUT2D eigenvalue weighted by molar-refractivity contribution is 0.101. The van der Waals surface area contributed by atoms with E-state index in [-0.39, 0.29) is 5.60 Å². The molecule has 0 unspecified atom stereocenters. The Balaban J connectivity index is 1.93. The lowest BCUT2D eigenvalue weighted by Gasteiger charge is -2.25. The monoisotopic (exact) mass is 284 g/mol. The van der Waals surface area contributed by atoms with Gasteiger partial charge in [-0.15, -0.1) is 0 Å². The Hall–Kier alpha value is -1.61. The third-order valence-corrected chi connectivity index (χ3v) is 4.13. The van der Waals surface area contributed by atoms with E-state index < -0.39 is 0 Å². The fraction of sp³-hybridized carbons (Fsp3) is 0.500. The fourth-order valence-electron chi connectivity index (χ4n) is 2.26. The van der Waals surface area contributed by atoms with Gasteiger partial charge in [-0.05, 0) is 50.6 Å². The van der Waals surface area contributed by atoms with Crippen molar-refractivity contribution in [3.8, 4) is 5.88 Å². The van der Waals surface area contributed by atoms with Crippen molar-refractivity contribution in [2.24, 2.45) is 0 Å². The van der Waals surface area contributed by atoms with Gasteiger partial charge in [0.15, 0.2) is 0 Å². The van der Waals surface area contributed by atoms with Crippen molar-refractivity contribution in [3.63, 3.8) is 0 Å². The molecule has 1 fully saturated rings. The van der Waals surface area contributed by atoms with Crippen LogP contribution in [0.3, 0.4) is 0 Å². The van der Waals surface area contributed by atoms with Crippen LogP contribution in [0.15, 0.2) is 30.3 Å². The molecule has 3 heteroatoms. The highest BCUT2D eigenvalue weighted by molar-refractivity contribution is 5.87. The molecule has 3 nitrogen and oxygen atoms in total. The molecule has 3 rings (SSSR count). The van der Waals surface area contributed by atoms with E-state index in [4.69, 9.17) is 9.72 Å². The van der Waals surface area contributed by atoms with E-state index >= 15 is 0 Å². The number of ether oxygens (including phenoxy) is 1. The summed E-state index contributed by atoms with van der Waals surface area (Å²) in [4.78, 5) is 4.75. The third kappa shape index (κ3) is 3.53. The van der Waals surface area contributed by atoms with Crippen molar-refractivity contribution < 1.29 is 4.74 Å². The van der Waals surface area contributed by atoms with Gasteiger partial charge in [0, 0.05) is 18.0 Å². The van der Waals surface area contributed by atoms with Gasteiger partial charge >= 0.3 is 0 Å². The number of pyridine rings is 1. The van der Waals surface area contributed by atoms with Crippen LogP contribution in [0.2, 0.25) is 0 Å². The van der Waals surface area contributed by atoms with Gasteiger partial charge < -0.3 is 10.1 Å². The van der Waals surface area contributed by atoms with Crippen LogP contribution in [0.25, 0.3) is 10.8 Å². The number of hydrogen-bond donors (Lipinski definition) is 1. The third-order valence-electron chi connectivity index (χ3n) is 4.13. The van der Waals surface area contributed by atoms with Crippen LogP contribution >= 0.6 is 0 Å². The first-order chi connectivity index (χ1) is 10.1. The van der Waals surface area contributed by atoms with Gasteiger partial charge in [0.1, 0.15) is 5.60 Å². The summed E-state index contributed by atoms with van der Waals surface area (Å²) in [7, 11) is 0. The molecule has 0 aliphatic heterocycles. The highest BCUT2D eigenvalue weighted by Gasteiger charge is 2.22. The fourth-order valence-corrected chi connectivity index (χ4v) is 2.26. The first-order valence-electron chi connectivity index (χ1n) is 7.88.